The van der Waals surface area contributed by atoms with Crippen LogP contribution in [0.1, 0.15) is 11.1 Å². The van der Waals surface area contributed by atoms with Crippen LogP contribution in [0.25, 0.3) is 0 Å². The quantitative estimate of drug-likeness (QED) is 0.625. The van der Waals surface area contributed by atoms with Gasteiger partial charge >= 0.3 is 0 Å². The zero-order valence-electron chi connectivity index (χ0n) is 6.69. The van der Waals surface area contributed by atoms with E-state index in [-0.39, 0.29) is 0 Å². The highest BCUT2D eigenvalue weighted by Gasteiger charge is 1.94. The molecule has 0 saturated carbocycles. The van der Waals surface area contributed by atoms with E-state index in [0.29, 0.717) is 5.56 Å². The lowest BCUT2D eigenvalue weighted by molar-refractivity contribution is -0.314. The second kappa shape index (κ2) is 3.40. The van der Waals surface area contributed by atoms with Crippen LogP contribution in [0.4, 0.5) is 0 Å². The summed E-state index contributed by atoms with van der Waals surface area (Å²) in [4.78, 5) is 20.7. The van der Waals surface area contributed by atoms with Crippen LogP contribution < -0.4 is 9.79 Å². The number of benzene rings is 1. The van der Waals surface area contributed by atoms with Crippen LogP contribution >= 0.6 is 7.60 Å². The minimum Gasteiger partial charge on any atom is -0.810 e. The van der Waals surface area contributed by atoms with Gasteiger partial charge in [-0.1, -0.05) is 37.4 Å². The van der Waals surface area contributed by atoms with Gasteiger partial charge in [0.25, 0.3) is 0 Å². The Kier molecular flexibility index (Phi) is 2.68. The summed E-state index contributed by atoms with van der Waals surface area (Å²) in [5, 5.41) is 0. The Bertz CT molecular complexity index is 299. The molecule has 0 unspecified atom stereocenters. The van der Waals surface area contributed by atoms with Crippen molar-refractivity contribution in [2.24, 2.45) is 0 Å². The molecule has 0 aliphatic rings. The van der Waals surface area contributed by atoms with Crippen LogP contribution in [-0.2, 0) is 10.7 Å². The second-order valence-electron chi connectivity index (χ2n) is 2.75. The molecular weight excluding hydrogens is 175 g/mol. The van der Waals surface area contributed by atoms with Gasteiger partial charge in [0, 0.05) is 6.16 Å². The fourth-order valence-electron chi connectivity index (χ4n) is 0.917. The molecule has 3 nitrogen and oxygen atoms in total. The second-order valence-corrected chi connectivity index (χ2v) is 4.29. The molecule has 1 aromatic carbocycles. The van der Waals surface area contributed by atoms with Gasteiger partial charge in [-0.3, -0.25) is 0 Å². The van der Waals surface area contributed by atoms with E-state index in [9.17, 15) is 14.4 Å². The average molecular weight is 184 g/mol. The van der Waals surface area contributed by atoms with Crippen LogP contribution in [0.5, 0.6) is 0 Å². The van der Waals surface area contributed by atoms with Crippen LogP contribution in [-0.4, -0.2) is 0 Å². The molecule has 0 spiro atoms. The van der Waals surface area contributed by atoms with Gasteiger partial charge in [0.05, 0.1) is 0 Å². The monoisotopic (exact) mass is 184 g/mol. The fourth-order valence-corrected chi connectivity index (χ4v) is 1.58. The Labute approximate surface area is 71.2 Å². The van der Waals surface area contributed by atoms with Crippen molar-refractivity contribution in [1.82, 2.24) is 0 Å². The van der Waals surface area contributed by atoms with Crippen molar-refractivity contribution < 1.29 is 14.4 Å². The lowest BCUT2D eigenvalue weighted by Gasteiger charge is -2.29. The third-order valence-corrected chi connectivity index (χ3v) is 2.25. The molecule has 0 aliphatic heterocycles. The first-order valence-electron chi connectivity index (χ1n) is 3.54. The van der Waals surface area contributed by atoms with Crippen LogP contribution in [0.3, 0.4) is 0 Å². The molecule has 0 N–H and O–H groups in total. The molecule has 1 aromatic rings. The molecule has 1 rings (SSSR count). The molecule has 12 heavy (non-hydrogen) atoms. The van der Waals surface area contributed by atoms with Crippen LogP contribution in [0.2, 0.25) is 0 Å². The molecule has 0 atom stereocenters. The number of hydrogen-bond acceptors (Lipinski definition) is 3. The Hall–Kier alpha value is -0.630. The van der Waals surface area contributed by atoms with Crippen molar-refractivity contribution in [1.29, 1.82) is 0 Å². The van der Waals surface area contributed by atoms with Gasteiger partial charge in [0.2, 0.25) is 0 Å². The summed E-state index contributed by atoms with van der Waals surface area (Å²) in [7, 11) is -4.40. The molecule has 0 saturated heterocycles. The van der Waals surface area contributed by atoms with E-state index in [2.05, 4.69) is 0 Å². The van der Waals surface area contributed by atoms with E-state index in [4.69, 9.17) is 0 Å². The van der Waals surface area contributed by atoms with Gasteiger partial charge in [0.15, 0.2) is 0 Å². The largest absolute Gasteiger partial charge is 0.810 e. The lowest BCUT2D eigenvalue weighted by Crippen LogP contribution is -2.15. The maximum Gasteiger partial charge on any atom is 0.000222 e. The number of hydrogen-bond donors (Lipinski definition) is 0. The first-order valence-corrected chi connectivity index (χ1v) is 5.27. The minimum absolute atomic E-state index is 0.396. The molecular formula is C8H9O3P-2. The summed E-state index contributed by atoms with van der Waals surface area (Å²) < 4.78 is 10.4. The van der Waals surface area contributed by atoms with E-state index in [1.54, 1.807) is 24.3 Å². The molecule has 4 heteroatoms. The molecule has 0 radical (unpaired) electrons. The van der Waals surface area contributed by atoms with Crippen molar-refractivity contribution >= 4 is 7.60 Å². The summed E-state index contributed by atoms with van der Waals surface area (Å²) in [5.74, 6) is 0. The van der Waals surface area contributed by atoms with Gasteiger partial charge in [-0.25, -0.2) is 0 Å². The summed E-state index contributed by atoms with van der Waals surface area (Å²) in [6.45, 7) is 1.90. The minimum atomic E-state index is -4.40. The molecule has 0 bridgehead atoms. The third-order valence-electron chi connectivity index (χ3n) is 1.50. The van der Waals surface area contributed by atoms with Crippen LogP contribution in [0, 0.1) is 6.92 Å². The smallest absolute Gasteiger partial charge is 0.000222 e. The Morgan fingerprint density at radius 3 is 2.17 bits per heavy atom. The van der Waals surface area contributed by atoms with Gasteiger partial charge in [-0.05, 0) is 12.5 Å². The van der Waals surface area contributed by atoms with E-state index in [0.717, 1.165) is 5.56 Å². The van der Waals surface area contributed by atoms with Crippen molar-refractivity contribution in [2.75, 3.05) is 0 Å². The van der Waals surface area contributed by atoms with E-state index < -0.39 is 13.8 Å². The maximum atomic E-state index is 10.4. The van der Waals surface area contributed by atoms with Gasteiger partial charge in [0.1, 0.15) is 0 Å². The van der Waals surface area contributed by atoms with Gasteiger partial charge in [-0.2, -0.15) is 0 Å². The predicted octanol–water partition coefficient (Wildman–Crippen LogP) is 0.409. The highest BCUT2D eigenvalue weighted by atomic mass is 31.2. The summed E-state index contributed by atoms with van der Waals surface area (Å²) in [6.07, 6.45) is -0.396. The van der Waals surface area contributed by atoms with Crippen LogP contribution in [0.15, 0.2) is 24.3 Å². The molecule has 0 aromatic heterocycles. The van der Waals surface area contributed by atoms with Crippen molar-refractivity contribution in [2.45, 2.75) is 13.1 Å². The summed E-state index contributed by atoms with van der Waals surface area (Å²) in [5.41, 5.74) is 1.60. The molecule has 66 valence electrons. The fraction of sp³-hybridized carbons (Fsp3) is 0.250. The highest BCUT2D eigenvalue weighted by Crippen LogP contribution is 2.29. The number of rotatable bonds is 2. The molecule has 0 fully saturated rings. The van der Waals surface area contributed by atoms with E-state index in [1.165, 1.54) is 0 Å². The zero-order valence-corrected chi connectivity index (χ0v) is 7.58. The number of aryl methyl sites for hydroxylation is 1. The summed E-state index contributed by atoms with van der Waals surface area (Å²) >= 11 is 0. The lowest BCUT2D eigenvalue weighted by atomic mass is 10.2. The SMILES string of the molecule is Cc1ccc(CP(=O)([O-])[O-])cc1. The Morgan fingerprint density at radius 1 is 1.25 bits per heavy atom. The van der Waals surface area contributed by atoms with Gasteiger partial charge in [-0.15, -0.1) is 0 Å². The first-order chi connectivity index (χ1) is 5.47. The standard InChI is InChI=1S/C8H11O3P/c1-7-2-4-8(5-3-7)6-12(9,10)11/h2-5H,6H2,1H3,(H2,9,10,11)/p-2. The van der Waals surface area contributed by atoms with Crippen molar-refractivity contribution in [3.8, 4) is 0 Å². The third kappa shape index (κ3) is 3.18. The van der Waals surface area contributed by atoms with E-state index in [1.807, 2.05) is 6.92 Å². The van der Waals surface area contributed by atoms with Crippen molar-refractivity contribution in [3.63, 3.8) is 0 Å². The normalized spacial score (nSPS) is 11.6. The summed E-state index contributed by atoms with van der Waals surface area (Å²) in [6, 6.07) is 6.87. The van der Waals surface area contributed by atoms with Gasteiger partial charge < -0.3 is 14.4 Å². The van der Waals surface area contributed by atoms with Crippen molar-refractivity contribution in [3.05, 3.63) is 35.4 Å². The Balaban J connectivity index is 2.78. The average Bonchev–Trinajstić information content (AvgIpc) is 1.91. The highest BCUT2D eigenvalue weighted by molar-refractivity contribution is 7.47. The zero-order chi connectivity index (χ0) is 9.19. The molecule has 0 amide bonds. The first kappa shape index (κ1) is 9.46. The molecule has 0 heterocycles. The topological polar surface area (TPSA) is 63.2 Å². The molecule has 0 aliphatic carbocycles. The maximum absolute atomic E-state index is 10.4. The Morgan fingerprint density at radius 2 is 1.75 bits per heavy atom. The predicted molar refractivity (Wildman–Crippen MR) is 42.5 cm³/mol. The van der Waals surface area contributed by atoms with E-state index >= 15 is 0 Å².